The fourth-order valence-electron chi connectivity index (χ4n) is 4.79. The molecule has 1 amide bonds. The van der Waals surface area contributed by atoms with Crippen LogP contribution in [0.1, 0.15) is 43.0 Å². The average molecular weight is 443 g/mol. The van der Waals surface area contributed by atoms with E-state index >= 15 is 0 Å². The minimum atomic E-state index is -0.793. The monoisotopic (exact) mass is 443 g/mol. The number of nitro benzene ring substituents is 1. The number of hydrogen-bond acceptors (Lipinski definition) is 6. The molecule has 2 heterocycles. The minimum absolute atomic E-state index is 0.0969. The topological polar surface area (TPSA) is 106 Å². The Labute approximate surface area is 189 Å². The number of Topliss-reactive ketones (excluding diaryl/α,β-unsaturated/α-hetero) is 1. The van der Waals surface area contributed by atoms with Crippen molar-refractivity contribution in [1.82, 2.24) is 0 Å². The normalized spacial score (nSPS) is 19.9. The summed E-state index contributed by atoms with van der Waals surface area (Å²) in [6.07, 6.45) is 2.32. The molecule has 1 aromatic heterocycles. The maximum atomic E-state index is 13.6. The van der Waals surface area contributed by atoms with Crippen molar-refractivity contribution < 1.29 is 18.9 Å². The zero-order valence-corrected chi connectivity index (χ0v) is 17.9. The number of ketones is 1. The third-order valence-corrected chi connectivity index (χ3v) is 6.17. The van der Waals surface area contributed by atoms with Gasteiger partial charge in [0.2, 0.25) is 5.91 Å². The van der Waals surface area contributed by atoms with Crippen molar-refractivity contribution in [2.24, 2.45) is 0 Å². The Bertz CT molecular complexity index is 1290. The maximum Gasteiger partial charge on any atom is 0.269 e. The van der Waals surface area contributed by atoms with Gasteiger partial charge in [-0.05, 0) is 36.2 Å². The van der Waals surface area contributed by atoms with E-state index in [0.29, 0.717) is 34.6 Å². The lowest BCUT2D eigenvalue weighted by Gasteiger charge is -2.34. The highest BCUT2D eigenvalue weighted by Crippen LogP contribution is 2.47. The van der Waals surface area contributed by atoms with Crippen molar-refractivity contribution >= 4 is 28.8 Å². The van der Waals surface area contributed by atoms with E-state index in [-0.39, 0.29) is 29.7 Å². The molecule has 0 spiro atoms. The second kappa shape index (κ2) is 8.05. The summed E-state index contributed by atoms with van der Waals surface area (Å²) in [5, 5.41) is 14.9. The minimum Gasteiger partial charge on any atom is -0.469 e. The number of fused-ring (bicyclic) bond motifs is 1. The first kappa shape index (κ1) is 20.7. The van der Waals surface area contributed by atoms with Gasteiger partial charge in [-0.3, -0.25) is 24.6 Å². The van der Waals surface area contributed by atoms with Crippen molar-refractivity contribution in [3.05, 3.63) is 99.6 Å². The summed E-state index contributed by atoms with van der Waals surface area (Å²) in [4.78, 5) is 39.1. The highest BCUT2D eigenvalue weighted by Gasteiger charge is 2.41. The van der Waals surface area contributed by atoms with Crippen LogP contribution in [-0.4, -0.2) is 16.6 Å². The van der Waals surface area contributed by atoms with Gasteiger partial charge in [0, 0.05) is 42.7 Å². The molecule has 33 heavy (non-hydrogen) atoms. The Morgan fingerprint density at radius 3 is 2.67 bits per heavy atom. The Hall–Kier alpha value is -4.20. The van der Waals surface area contributed by atoms with Crippen LogP contribution in [0.15, 0.2) is 82.6 Å². The molecule has 0 bridgehead atoms. The molecule has 3 aromatic rings. The summed E-state index contributed by atoms with van der Waals surface area (Å²) in [7, 11) is 0. The van der Waals surface area contributed by atoms with Crippen LogP contribution in [0.5, 0.6) is 0 Å². The number of nitro groups is 1. The van der Waals surface area contributed by atoms with Crippen LogP contribution < -0.4 is 10.2 Å². The molecular weight excluding hydrogens is 422 g/mol. The van der Waals surface area contributed by atoms with Crippen LogP contribution >= 0.6 is 0 Å². The SMILES string of the molecule is CC(=O)N1c2ccccc2NC2=C(C(=O)C[C@H](c3ccco3)C2)[C@H]1c1cccc([N+](=O)[O-])c1. The number of nitrogens with zero attached hydrogens (tertiary/aromatic N) is 2. The van der Waals surface area contributed by atoms with Crippen molar-refractivity contribution in [2.75, 3.05) is 10.2 Å². The van der Waals surface area contributed by atoms with E-state index in [2.05, 4.69) is 5.32 Å². The second-order valence-corrected chi connectivity index (χ2v) is 8.22. The molecule has 2 aliphatic rings. The smallest absolute Gasteiger partial charge is 0.269 e. The van der Waals surface area contributed by atoms with Gasteiger partial charge in [-0.25, -0.2) is 0 Å². The van der Waals surface area contributed by atoms with E-state index in [9.17, 15) is 19.7 Å². The van der Waals surface area contributed by atoms with E-state index in [0.717, 1.165) is 5.76 Å². The number of non-ortho nitro benzene ring substituents is 1. The number of hydrogen-bond donors (Lipinski definition) is 1. The Balaban J connectivity index is 1.73. The molecule has 1 aliphatic carbocycles. The van der Waals surface area contributed by atoms with Crippen molar-refractivity contribution in [2.45, 2.75) is 31.7 Å². The van der Waals surface area contributed by atoms with Gasteiger partial charge in [-0.2, -0.15) is 0 Å². The molecule has 1 N–H and O–H groups in total. The van der Waals surface area contributed by atoms with Gasteiger partial charge >= 0.3 is 0 Å². The molecule has 2 atom stereocenters. The van der Waals surface area contributed by atoms with Crippen LogP contribution in [-0.2, 0) is 9.59 Å². The van der Waals surface area contributed by atoms with Gasteiger partial charge in [-0.1, -0.05) is 24.3 Å². The predicted molar refractivity (Wildman–Crippen MR) is 122 cm³/mol. The van der Waals surface area contributed by atoms with Gasteiger partial charge in [0.05, 0.1) is 28.6 Å². The van der Waals surface area contributed by atoms with Gasteiger partial charge in [0.15, 0.2) is 5.78 Å². The third kappa shape index (κ3) is 3.59. The van der Waals surface area contributed by atoms with Crippen LogP contribution in [0.3, 0.4) is 0 Å². The zero-order valence-electron chi connectivity index (χ0n) is 17.9. The van der Waals surface area contributed by atoms with Gasteiger partial charge in [-0.15, -0.1) is 0 Å². The fraction of sp³-hybridized carbons (Fsp3) is 0.200. The van der Waals surface area contributed by atoms with E-state index in [1.807, 2.05) is 24.3 Å². The van der Waals surface area contributed by atoms with Crippen molar-refractivity contribution in [3.8, 4) is 0 Å². The van der Waals surface area contributed by atoms with Crippen LogP contribution in [0, 0.1) is 10.1 Å². The first-order valence-corrected chi connectivity index (χ1v) is 10.6. The Morgan fingerprint density at radius 1 is 1.12 bits per heavy atom. The number of rotatable bonds is 3. The Kier molecular flexibility index (Phi) is 5.05. The molecule has 1 aliphatic heterocycles. The van der Waals surface area contributed by atoms with E-state index in [4.69, 9.17) is 4.42 Å². The molecule has 8 heteroatoms. The number of nitrogens with one attached hydrogen (secondary N) is 1. The number of furan rings is 1. The zero-order chi connectivity index (χ0) is 23.1. The van der Waals surface area contributed by atoms with Crippen LogP contribution in [0.4, 0.5) is 17.1 Å². The number of amides is 1. The lowest BCUT2D eigenvalue weighted by molar-refractivity contribution is -0.384. The standard InChI is InChI=1S/C25H21N3O5/c1-15(29)27-21-9-3-2-8-19(21)26-20-13-17(23-10-5-11-33-23)14-22(30)24(20)25(27)16-6-4-7-18(12-16)28(31)32/h2-12,17,25-26H,13-14H2,1H3/t17-,25-/m1/s1. The number of para-hydroxylation sites is 2. The molecule has 5 rings (SSSR count). The molecule has 0 fully saturated rings. The second-order valence-electron chi connectivity index (χ2n) is 8.22. The summed E-state index contributed by atoms with van der Waals surface area (Å²) < 4.78 is 5.57. The Morgan fingerprint density at radius 2 is 1.94 bits per heavy atom. The summed E-state index contributed by atoms with van der Waals surface area (Å²) in [6.45, 7) is 1.44. The summed E-state index contributed by atoms with van der Waals surface area (Å²) in [6, 6.07) is 16.3. The van der Waals surface area contributed by atoms with Crippen molar-refractivity contribution in [3.63, 3.8) is 0 Å². The summed E-state index contributed by atoms with van der Waals surface area (Å²) in [5.74, 6) is 0.196. The molecule has 8 nitrogen and oxygen atoms in total. The number of carbonyl (C=O) groups excluding carboxylic acids is 2. The highest BCUT2D eigenvalue weighted by atomic mass is 16.6. The first-order valence-electron chi connectivity index (χ1n) is 10.6. The van der Waals surface area contributed by atoms with Gasteiger partial charge in [0.25, 0.3) is 5.69 Å². The van der Waals surface area contributed by atoms with E-state index < -0.39 is 11.0 Å². The quantitative estimate of drug-likeness (QED) is 0.445. The average Bonchev–Trinajstić information content (AvgIpc) is 3.28. The molecule has 2 aromatic carbocycles. The molecule has 0 saturated carbocycles. The van der Waals surface area contributed by atoms with E-state index in [1.165, 1.54) is 19.1 Å². The number of carbonyl (C=O) groups is 2. The molecular formula is C25H21N3O5. The molecule has 0 radical (unpaired) electrons. The summed E-state index contributed by atoms with van der Waals surface area (Å²) >= 11 is 0. The molecule has 0 unspecified atom stereocenters. The summed E-state index contributed by atoms with van der Waals surface area (Å²) in [5.41, 5.74) is 2.86. The van der Waals surface area contributed by atoms with Crippen molar-refractivity contribution in [1.29, 1.82) is 0 Å². The number of anilines is 2. The maximum absolute atomic E-state index is 13.6. The predicted octanol–water partition coefficient (Wildman–Crippen LogP) is 5.11. The fourth-order valence-corrected chi connectivity index (χ4v) is 4.79. The molecule has 0 saturated heterocycles. The van der Waals surface area contributed by atoms with E-state index in [1.54, 1.807) is 35.4 Å². The number of benzene rings is 2. The lowest BCUT2D eigenvalue weighted by atomic mass is 9.80. The largest absolute Gasteiger partial charge is 0.469 e. The third-order valence-electron chi connectivity index (χ3n) is 6.17. The van der Waals surface area contributed by atoms with Gasteiger partial charge in [0.1, 0.15) is 5.76 Å². The first-order chi connectivity index (χ1) is 15.9. The highest BCUT2D eigenvalue weighted by molar-refractivity contribution is 6.06. The van der Waals surface area contributed by atoms with Crippen LogP contribution in [0.25, 0.3) is 0 Å². The van der Waals surface area contributed by atoms with Crippen LogP contribution in [0.2, 0.25) is 0 Å². The number of allylic oxidation sites excluding steroid dienone is 1. The van der Waals surface area contributed by atoms with Gasteiger partial charge < -0.3 is 9.73 Å². The molecule has 166 valence electrons. The lowest BCUT2D eigenvalue weighted by Crippen LogP contribution is -2.37.